The van der Waals surface area contributed by atoms with Crippen LogP contribution in [0.1, 0.15) is 47.3 Å². The van der Waals surface area contributed by atoms with Crippen molar-refractivity contribution in [3.63, 3.8) is 0 Å². The van der Waals surface area contributed by atoms with Crippen LogP contribution >= 0.6 is 12.2 Å². The highest BCUT2D eigenvalue weighted by atomic mass is 32.1. The van der Waals surface area contributed by atoms with Crippen molar-refractivity contribution in [3.05, 3.63) is 10.2 Å². The molecule has 7 heteroatoms. The van der Waals surface area contributed by atoms with E-state index in [1.54, 1.807) is 0 Å². The second-order valence-electron chi connectivity index (χ2n) is 4.57. The number of carbonyl (C=O) groups excluding carboxylic acids is 2. The molecule has 1 fully saturated rings. The van der Waals surface area contributed by atoms with E-state index in [2.05, 4.69) is 5.10 Å². The zero-order valence-electron chi connectivity index (χ0n) is 9.94. The predicted molar refractivity (Wildman–Crippen MR) is 69.7 cm³/mol. The van der Waals surface area contributed by atoms with Crippen LogP contribution in [0, 0.1) is 10.6 Å². The highest BCUT2D eigenvalue weighted by Crippen LogP contribution is 2.26. The van der Waals surface area contributed by atoms with Crippen LogP contribution < -0.4 is 11.5 Å². The molecule has 0 unspecified atom stereocenters. The molecule has 0 aromatic carbocycles. The van der Waals surface area contributed by atoms with Crippen molar-refractivity contribution < 1.29 is 9.59 Å². The SMILES string of the molecule is NC(=O)c1c(N)n(C(=O)C2CCCCC2)[nH]c1=S. The smallest absolute Gasteiger partial charge is 0.255 e. The number of aromatic amines is 1. The van der Waals surface area contributed by atoms with Gasteiger partial charge in [-0.1, -0.05) is 31.5 Å². The Hall–Kier alpha value is -1.63. The van der Waals surface area contributed by atoms with Gasteiger partial charge in [0.2, 0.25) is 5.91 Å². The number of nitrogens with two attached hydrogens (primary N) is 2. The number of hydrogen-bond acceptors (Lipinski definition) is 4. The maximum atomic E-state index is 12.3. The third kappa shape index (κ3) is 2.17. The van der Waals surface area contributed by atoms with E-state index in [4.69, 9.17) is 23.7 Å². The van der Waals surface area contributed by atoms with E-state index in [0.29, 0.717) is 0 Å². The largest absolute Gasteiger partial charge is 0.383 e. The summed E-state index contributed by atoms with van der Waals surface area (Å²) in [5, 5.41) is 2.65. The quantitative estimate of drug-likeness (QED) is 0.705. The Morgan fingerprint density at radius 1 is 1.28 bits per heavy atom. The normalized spacial score (nSPS) is 16.7. The molecule has 1 saturated carbocycles. The van der Waals surface area contributed by atoms with Crippen LogP contribution in [-0.2, 0) is 0 Å². The summed E-state index contributed by atoms with van der Waals surface area (Å²) in [5.41, 5.74) is 11.0. The number of rotatable bonds is 2. The topological polar surface area (TPSA) is 107 Å². The van der Waals surface area contributed by atoms with Gasteiger partial charge in [0.15, 0.2) is 0 Å². The molecule has 98 valence electrons. The second kappa shape index (κ2) is 4.93. The summed E-state index contributed by atoms with van der Waals surface area (Å²) in [6, 6.07) is 0. The molecule has 0 bridgehead atoms. The number of amides is 1. The predicted octanol–water partition coefficient (Wildman–Crippen LogP) is 1.45. The van der Waals surface area contributed by atoms with Crippen molar-refractivity contribution in [2.75, 3.05) is 5.73 Å². The van der Waals surface area contributed by atoms with Crippen LogP contribution in [0.3, 0.4) is 0 Å². The zero-order valence-corrected chi connectivity index (χ0v) is 10.8. The maximum Gasteiger partial charge on any atom is 0.255 e. The summed E-state index contributed by atoms with van der Waals surface area (Å²) in [5.74, 6) is -0.891. The summed E-state index contributed by atoms with van der Waals surface area (Å²) in [4.78, 5) is 23.4. The van der Waals surface area contributed by atoms with Crippen molar-refractivity contribution >= 4 is 29.9 Å². The highest BCUT2D eigenvalue weighted by molar-refractivity contribution is 7.71. The van der Waals surface area contributed by atoms with Gasteiger partial charge in [0, 0.05) is 5.92 Å². The molecule has 0 atom stereocenters. The number of nitrogens with zero attached hydrogens (tertiary/aromatic N) is 1. The third-order valence-corrected chi connectivity index (χ3v) is 3.65. The van der Waals surface area contributed by atoms with Crippen LogP contribution in [0.15, 0.2) is 0 Å². The van der Waals surface area contributed by atoms with E-state index < -0.39 is 5.91 Å². The standard InChI is InChI=1S/C11H16N4O2S/c12-8-7(9(13)16)10(18)14-15(8)11(17)6-4-2-1-3-5-6/h6H,1-5,12H2,(H2,13,16)(H,14,18). The average Bonchev–Trinajstić information content (AvgIpc) is 2.65. The first-order valence-corrected chi connectivity index (χ1v) is 6.37. The zero-order chi connectivity index (χ0) is 13.3. The number of carbonyl (C=O) groups is 2. The molecule has 5 N–H and O–H groups in total. The van der Waals surface area contributed by atoms with Gasteiger partial charge < -0.3 is 11.5 Å². The molecule has 1 aliphatic carbocycles. The lowest BCUT2D eigenvalue weighted by atomic mass is 9.89. The number of aromatic nitrogens is 2. The lowest BCUT2D eigenvalue weighted by molar-refractivity contribution is 0.0787. The van der Waals surface area contributed by atoms with E-state index in [-0.39, 0.29) is 27.8 Å². The minimum atomic E-state index is -0.719. The average molecular weight is 268 g/mol. The number of nitrogen functional groups attached to an aromatic ring is 1. The van der Waals surface area contributed by atoms with Gasteiger partial charge in [0.25, 0.3) is 5.91 Å². The lowest BCUT2D eigenvalue weighted by Gasteiger charge is -2.20. The molecule has 18 heavy (non-hydrogen) atoms. The monoisotopic (exact) mass is 268 g/mol. The maximum absolute atomic E-state index is 12.3. The molecule has 1 heterocycles. The molecule has 0 saturated heterocycles. The Balaban J connectivity index is 2.33. The van der Waals surface area contributed by atoms with Crippen molar-refractivity contribution in [1.82, 2.24) is 9.78 Å². The van der Waals surface area contributed by atoms with E-state index in [1.165, 1.54) is 4.68 Å². The van der Waals surface area contributed by atoms with Crippen LogP contribution in [0.2, 0.25) is 0 Å². The first-order chi connectivity index (χ1) is 8.52. The van der Waals surface area contributed by atoms with Crippen molar-refractivity contribution in [3.8, 4) is 0 Å². The van der Waals surface area contributed by atoms with Gasteiger partial charge >= 0.3 is 0 Å². The summed E-state index contributed by atoms with van der Waals surface area (Å²) < 4.78 is 1.28. The van der Waals surface area contributed by atoms with E-state index >= 15 is 0 Å². The minimum absolute atomic E-state index is 0.0167. The molecule has 0 spiro atoms. The number of nitrogens with one attached hydrogen (secondary N) is 1. The van der Waals surface area contributed by atoms with Crippen LogP contribution in [0.4, 0.5) is 5.82 Å². The summed E-state index contributed by atoms with van der Waals surface area (Å²) >= 11 is 4.95. The lowest BCUT2D eigenvalue weighted by Crippen LogP contribution is -2.26. The molecule has 1 amide bonds. The van der Waals surface area contributed by atoms with Crippen molar-refractivity contribution in [1.29, 1.82) is 0 Å². The van der Waals surface area contributed by atoms with E-state index in [0.717, 1.165) is 32.1 Å². The fourth-order valence-electron chi connectivity index (χ4n) is 2.39. The van der Waals surface area contributed by atoms with Crippen molar-refractivity contribution in [2.45, 2.75) is 32.1 Å². The molecule has 0 radical (unpaired) electrons. The Labute approximate surface area is 109 Å². The highest BCUT2D eigenvalue weighted by Gasteiger charge is 2.26. The molecular weight excluding hydrogens is 252 g/mol. The van der Waals surface area contributed by atoms with E-state index in [9.17, 15) is 9.59 Å². The molecule has 1 aliphatic rings. The van der Waals surface area contributed by atoms with Crippen molar-refractivity contribution in [2.24, 2.45) is 11.7 Å². The van der Waals surface area contributed by atoms with Gasteiger partial charge in [0.05, 0.1) is 0 Å². The molecule has 2 rings (SSSR count). The Morgan fingerprint density at radius 2 is 1.89 bits per heavy atom. The first kappa shape index (κ1) is 12.8. The van der Waals surface area contributed by atoms with Gasteiger partial charge in [-0.2, -0.15) is 0 Å². The van der Waals surface area contributed by atoms with Crippen LogP contribution in [-0.4, -0.2) is 21.6 Å². The Kier molecular flexibility index (Phi) is 3.51. The molecule has 1 aromatic rings. The van der Waals surface area contributed by atoms with Crippen LogP contribution in [0.25, 0.3) is 0 Å². The molecule has 1 aromatic heterocycles. The van der Waals surface area contributed by atoms with E-state index in [1.807, 2.05) is 0 Å². The number of anilines is 1. The third-order valence-electron chi connectivity index (χ3n) is 3.36. The van der Waals surface area contributed by atoms with Gasteiger partial charge in [-0.3, -0.25) is 14.7 Å². The summed E-state index contributed by atoms with van der Waals surface area (Å²) in [6.45, 7) is 0. The summed E-state index contributed by atoms with van der Waals surface area (Å²) in [6.07, 6.45) is 4.95. The summed E-state index contributed by atoms with van der Waals surface area (Å²) in [7, 11) is 0. The molecular formula is C11H16N4O2S. The minimum Gasteiger partial charge on any atom is -0.383 e. The van der Waals surface area contributed by atoms with Gasteiger partial charge in [-0.15, -0.1) is 0 Å². The first-order valence-electron chi connectivity index (χ1n) is 5.97. The van der Waals surface area contributed by atoms with Crippen LogP contribution in [0.5, 0.6) is 0 Å². The number of H-pyrrole nitrogens is 1. The molecule has 0 aliphatic heterocycles. The number of primary amides is 1. The van der Waals surface area contributed by atoms with Gasteiger partial charge in [-0.25, -0.2) is 4.68 Å². The Bertz CT molecular complexity index is 540. The number of hydrogen-bond donors (Lipinski definition) is 3. The molecule has 6 nitrogen and oxygen atoms in total. The second-order valence-corrected chi connectivity index (χ2v) is 4.98. The fourth-order valence-corrected chi connectivity index (χ4v) is 2.69. The van der Waals surface area contributed by atoms with Gasteiger partial charge in [0.1, 0.15) is 16.0 Å². The van der Waals surface area contributed by atoms with Gasteiger partial charge in [-0.05, 0) is 12.8 Å². The Morgan fingerprint density at radius 3 is 2.39 bits per heavy atom. The fraction of sp³-hybridized carbons (Fsp3) is 0.545.